The fourth-order valence-corrected chi connectivity index (χ4v) is 3.22. The Labute approximate surface area is 186 Å². The zero-order valence-electron chi connectivity index (χ0n) is 17.8. The smallest absolute Gasteiger partial charge is 0.276 e. The number of rotatable bonds is 8. The van der Waals surface area contributed by atoms with Crippen LogP contribution in [0.5, 0.6) is 17.2 Å². The molecule has 1 N–H and O–H groups in total. The van der Waals surface area contributed by atoms with Crippen molar-refractivity contribution in [2.45, 2.75) is 6.73 Å². The van der Waals surface area contributed by atoms with E-state index in [2.05, 4.69) is 10.4 Å². The van der Waals surface area contributed by atoms with E-state index in [4.69, 9.17) is 14.2 Å². The molecule has 0 fully saturated rings. The molecule has 3 aromatic carbocycles. The van der Waals surface area contributed by atoms with E-state index in [1.165, 1.54) is 4.68 Å². The molecule has 7 nitrogen and oxygen atoms in total. The second-order valence-corrected chi connectivity index (χ2v) is 6.90. The van der Waals surface area contributed by atoms with Crippen LogP contribution < -0.4 is 19.5 Å². The van der Waals surface area contributed by atoms with Gasteiger partial charge in [-0.25, -0.2) is 4.68 Å². The second kappa shape index (κ2) is 9.70. The van der Waals surface area contributed by atoms with E-state index in [0.29, 0.717) is 22.9 Å². The van der Waals surface area contributed by atoms with Crippen molar-refractivity contribution >= 4 is 11.6 Å². The quantitative estimate of drug-likeness (QED) is 0.433. The Bertz CT molecular complexity index is 1170. The Morgan fingerprint density at radius 1 is 0.844 bits per heavy atom. The van der Waals surface area contributed by atoms with Crippen LogP contribution in [0, 0.1) is 0 Å². The molecule has 1 amide bonds. The number of methoxy groups -OCH3 is 2. The fourth-order valence-electron chi connectivity index (χ4n) is 3.22. The first-order chi connectivity index (χ1) is 15.7. The van der Waals surface area contributed by atoms with Gasteiger partial charge in [0.1, 0.15) is 0 Å². The molecule has 0 spiro atoms. The molecule has 32 heavy (non-hydrogen) atoms. The van der Waals surface area contributed by atoms with E-state index >= 15 is 0 Å². The van der Waals surface area contributed by atoms with Crippen LogP contribution in [-0.2, 0) is 6.73 Å². The van der Waals surface area contributed by atoms with Crippen molar-refractivity contribution in [3.05, 3.63) is 90.8 Å². The van der Waals surface area contributed by atoms with Crippen LogP contribution >= 0.6 is 0 Å². The Morgan fingerprint density at radius 2 is 1.50 bits per heavy atom. The molecule has 0 saturated carbocycles. The lowest BCUT2D eigenvalue weighted by Gasteiger charge is -2.13. The maximum atomic E-state index is 12.6. The highest BCUT2D eigenvalue weighted by Gasteiger charge is 2.13. The highest BCUT2D eigenvalue weighted by atomic mass is 16.5. The number of carbonyl (C=O) groups excluding carboxylic acids is 1. The summed E-state index contributed by atoms with van der Waals surface area (Å²) >= 11 is 0. The molecule has 0 aliphatic heterocycles. The van der Waals surface area contributed by atoms with Crippen LogP contribution in [0.1, 0.15) is 10.5 Å². The van der Waals surface area contributed by atoms with Crippen LogP contribution in [0.3, 0.4) is 0 Å². The SMILES string of the molecule is COc1cccc(OC)c1OCn1ccc(C(=O)Nc2ccc(-c3ccccc3)cc2)n1. The van der Waals surface area contributed by atoms with Crippen LogP contribution in [0.4, 0.5) is 5.69 Å². The van der Waals surface area contributed by atoms with Gasteiger partial charge in [-0.15, -0.1) is 0 Å². The average molecular weight is 429 g/mol. The first-order valence-electron chi connectivity index (χ1n) is 10.0. The first kappa shape index (κ1) is 21.0. The Morgan fingerprint density at radius 3 is 2.16 bits per heavy atom. The van der Waals surface area contributed by atoms with Crippen LogP contribution in [0.2, 0.25) is 0 Å². The zero-order chi connectivity index (χ0) is 22.3. The van der Waals surface area contributed by atoms with Crippen LogP contribution in [0.25, 0.3) is 11.1 Å². The number of benzene rings is 3. The van der Waals surface area contributed by atoms with Crippen LogP contribution in [0.15, 0.2) is 85.1 Å². The minimum atomic E-state index is -0.300. The molecule has 1 heterocycles. The lowest BCUT2D eigenvalue weighted by molar-refractivity contribution is 0.102. The Hall–Kier alpha value is -4.26. The highest BCUT2D eigenvalue weighted by Crippen LogP contribution is 2.36. The topological polar surface area (TPSA) is 74.6 Å². The maximum Gasteiger partial charge on any atom is 0.276 e. The number of hydrogen-bond donors (Lipinski definition) is 1. The number of anilines is 1. The summed E-state index contributed by atoms with van der Waals surface area (Å²) in [5.74, 6) is 1.27. The standard InChI is InChI=1S/C25H23N3O4/c1-30-22-9-6-10-23(31-2)24(22)32-17-28-16-15-21(27-28)25(29)26-20-13-11-19(12-14-20)18-7-4-3-5-8-18/h3-16H,17H2,1-2H3,(H,26,29). The van der Waals surface area contributed by atoms with Gasteiger partial charge < -0.3 is 19.5 Å². The minimum Gasteiger partial charge on any atom is -0.493 e. The van der Waals surface area contributed by atoms with E-state index in [-0.39, 0.29) is 18.3 Å². The van der Waals surface area contributed by atoms with Gasteiger partial charge >= 0.3 is 0 Å². The van der Waals surface area contributed by atoms with Crippen molar-refractivity contribution in [3.8, 4) is 28.4 Å². The molecule has 0 unspecified atom stereocenters. The molecule has 4 rings (SSSR count). The van der Waals surface area contributed by atoms with Crippen LogP contribution in [-0.4, -0.2) is 29.9 Å². The van der Waals surface area contributed by atoms with Crippen molar-refractivity contribution in [2.75, 3.05) is 19.5 Å². The summed E-state index contributed by atoms with van der Waals surface area (Å²) < 4.78 is 18.0. The van der Waals surface area contributed by atoms with Gasteiger partial charge in [-0.2, -0.15) is 5.10 Å². The zero-order valence-corrected chi connectivity index (χ0v) is 17.8. The second-order valence-electron chi connectivity index (χ2n) is 6.90. The predicted octanol–water partition coefficient (Wildman–Crippen LogP) is 4.86. The summed E-state index contributed by atoms with van der Waals surface area (Å²) in [6.07, 6.45) is 1.68. The normalized spacial score (nSPS) is 10.4. The van der Waals surface area contributed by atoms with E-state index in [1.54, 1.807) is 38.6 Å². The van der Waals surface area contributed by atoms with Gasteiger partial charge in [0.2, 0.25) is 5.75 Å². The number of nitrogens with zero attached hydrogens (tertiary/aromatic N) is 2. The number of nitrogens with one attached hydrogen (secondary N) is 1. The maximum absolute atomic E-state index is 12.6. The Kier molecular flexibility index (Phi) is 6.36. The van der Waals surface area contributed by atoms with E-state index in [9.17, 15) is 4.79 Å². The molecule has 0 aliphatic carbocycles. The molecule has 162 valence electrons. The monoisotopic (exact) mass is 429 g/mol. The van der Waals surface area contributed by atoms with Gasteiger partial charge in [-0.1, -0.05) is 48.5 Å². The number of ether oxygens (including phenoxy) is 3. The van der Waals surface area contributed by atoms with E-state index < -0.39 is 0 Å². The van der Waals surface area contributed by atoms with E-state index in [1.807, 2.05) is 60.7 Å². The summed E-state index contributed by atoms with van der Waals surface area (Å²) in [7, 11) is 3.12. The number of para-hydroxylation sites is 1. The molecule has 0 radical (unpaired) electrons. The molecular weight excluding hydrogens is 406 g/mol. The van der Waals surface area contributed by atoms with Gasteiger partial charge in [-0.3, -0.25) is 4.79 Å². The van der Waals surface area contributed by atoms with Crippen molar-refractivity contribution in [1.29, 1.82) is 0 Å². The van der Waals surface area contributed by atoms with Crippen molar-refractivity contribution in [2.24, 2.45) is 0 Å². The highest BCUT2D eigenvalue weighted by molar-refractivity contribution is 6.02. The molecule has 7 heteroatoms. The molecule has 0 atom stereocenters. The van der Waals surface area contributed by atoms with Crippen molar-refractivity contribution < 1.29 is 19.0 Å². The third-order valence-electron chi connectivity index (χ3n) is 4.85. The van der Waals surface area contributed by atoms with Crippen molar-refractivity contribution in [3.63, 3.8) is 0 Å². The molecule has 0 aliphatic rings. The molecule has 4 aromatic rings. The lowest BCUT2D eigenvalue weighted by atomic mass is 10.1. The lowest BCUT2D eigenvalue weighted by Crippen LogP contribution is -2.14. The molecule has 0 saturated heterocycles. The van der Waals surface area contributed by atoms with E-state index in [0.717, 1.165) is 11.1 Å². The number of carbonyl (C=O) groups is 1. The summed E-state index contributed by atoms with van der Waals surface area (Å²) in [6, 6.07) is 24.7. The number of hydrogen-bond acceptors (Lipinski definition) is 5. The fraction of sp³-hybridized carbons (Fsp3) is 0.120. The largest absolute Gasteiger partial charge is 0.493 e. The Balaban J connectivity index is 1.39. The first-order valence-corrected chi connectivity index (χ1v) is 10.0. The average Bonchev–Trinajstić information content (AvgIpc) is 3.33. The number of amides is 1. The van der Waals surface area contributed by atoms with Gasteiger partial charge in [0.05, 0.1) is 14.2 Å². The minimum absolute atomic E-state index is 0.0930. The number of aromatic nitrogens is 2. The molecule has 0 bridgehead atoms. The third kappa shape index (κ3) is 4.73. The summed E-state index contributed by atoms with van der Waals surface area (Å²) in [6.45, 7) is 0.0930. The summed E-state index contributed by atoms with van der Waals surface area (Å²) in [5, 5.41) is 7.16. The van der Waals surface area contributed by atoms with Gasteiger partial charge in [-0.05, 0) is 41.5 Å². The predicted molar refractivity (Wildman–Crippen MR) is 122 cm³/mol. The molecule has 1 aromatic heterocycles. The molecular formula is C25H23N3O4. The van der Waals surface area contributed by atoms with Gasteiger partial charge in [0, 0.05) is 11.9 Å². The van der Waals surface area contributed by atoms with Crippen molar-refractivity contribution in [1.82, 2.24) is 9.78 Å². The summed E-state index contributed by atoms with van der Waals surface area (Å²) in [5.41, 5.74) is 3.18. The third-order valence-corrected chi connectivity index (χ3v) is 4.85. The van der Waals surface area contributed by atoms with Gasteiger partial charge in [0.15, 0.2) is 23.9 Å². The van der Waals surface area contributed by atoms with Gasteiger partial charge in [0.25, 0.3) is 5.91 Å². The summed E-state index contributed by atoms with van der Waals surface area (Å²) in [4.78, 5) is 12.6.